The first-order valence-corrected chi connectivity index (χ1v) is 8.64. The molecule has 0 saturated heterocycles. The molecular weight excluding hydrogens is 373 g/mol. The summed E-state index contributed by atoms with van der Waals surface area (Å²) in [4.78, 5) is 4.37. The van der Waals surface area contributed by atoms with Gasteiger partial charge in [0.15, 0.2) is 6.10 Å². The van der Waals surface area contributed by atoms with Crippen molar-refractivity contribution < 1.29 is 13.9 Å². The molecule has 3 nitrogen and oxygen atoms in total. The van der Waals surface area contributed by atoms with Crippen LogP contribution in [0.15, 0.2) is 58.0 Å². The number of nitrogens with zero attached hydrogens (tertiary/aromatic N) is 1. The molecular formula is C19H17BrFNO2. The fourth-order valence-corrected chi connectivity index (χ4v) is 3.62. The first-order chi connectivity index (χ1) is 11.4. The van der Waals surface area contributed by atoms with Crippen molar-refractivity contribution in [2.24, 2.45) is 4.99 Å². The highest BCUT2D eigenvalue weighted by Gasteiger charge is 2.61. The molecule has 2 aliphatic heterocycles. The fraction of sp³-hybridized carbons (Fsp3) is 0.316. The molecule has 2 aromatic rings. The van der Waals surface area contributed by atoms with Gasteiger partial charge in [-0.1, -0.05) is 34.1 Å². The lowest BCUT2D eigenvalue weighted by Crippen LogP contribution is -2.61. The van der Waals surface area contributed by atoms with Crippen LogP contribution in [0.4, 0.5) is 4.39 Å². The Kier molecular flexibility index (Phi) is 3.46. The Morgan fingerprint density at radius 2 is 1.92 bits per heavy atom. The minimum absolute atomic E-state index is 0.000841. The molecule has 24 heavy (non-hydrogen) atoms. The van der Waals surface area contributed by atoms with Crippen molar-refractivity contribution in [3.05, 3.63) is 64.1 Å². The average Bonchev–Trinajstić information content (AvgIpc) is 2.57. The monoisotopic (exact) mass is 389 g/mol. The smallest absolute Gasteiger partial charge is 0.216 e. The number of ether oxygens (including phenoxy) is 2. The van der Waals surface area contributed by atoms with Gasteiger partial charge in [-0.2, -0.15) is 0 Å². The number of hydrogen-bond acceptors (Lipinski definition) is 3. The third-order valence-electron chi connectivity index (χ3n) is 4.74. The second-order valence-corrected chi connectivity index (χ2v) is 7.56. The van der Waals surface area contributed by atoms with Crippen LogP contribution >= 0.6 is 15.9 Å². The molecule has 124 valence electrons. The minimum Gasteiger partial charge on any atom is -0.484 e. The van der Waals surface area contributed by atoms with Crippen LogP contribution in [0.2, 0.25) is 0 Å². The van der Waals surface area contributed by atoms with Crippen LogP contribution in [0.5, 0.6) is 5.75 Å². The van der Waals surface area contributed by atoms with Crippen molar-refractivity contribution in [2.75, 3.05) is 6.54 Å². The van der Waals surface area contributed by atoms with E-state index in [4.69, 9.17) is 9.47 Å². The number of aliphatic imine (C=N–C) groups is 1. The van der Waals surface area contributed by atoms with E-state index < -0.39 is 17.4 Å². The molecule has 2 aromatic carbocycles. The molecule has 0 aliphatic carbocycles. The van der Waals surface area contributed by atoms with Gasteiger partial charge in [0, 0.05) is 15.6 Å². The van der Waals surface area contributed by atoms with Gasteiger partial charge < -0.3 is 9.47 Å². The van der Waals surface area contributed by atoms with Gasteiger partial charge in [-0.15, -0.1) is 0 Å². The van der Waals surface area contributed by atoms with Gasteiger partial charge in [0.25, 0.3) is 0 Å². The zero-order valence-corrected chi connectivity index (χ0v) is 15.0. The molecule has 0 fully saturated rings. The number of halogens is 2. The van der Waals surface area contributed by atoms with Gasteiger partial charge >= 0.3 is 0 Å². The second kappa shape index (κ2) is 5.31. The Morgan fingerprint density at radius 3 is 2.67 bits per heavy atom. The van der Waals surface area contributed by atoms with Gasteiger partial charge in [-0.3, -0.25) is 0 Å². The number of hydrogen-bond donors (Lipinski definition) is 0. The van der Waals surface area contributed by atoms with E-state index in [1.165, 1.54) is 0 Å². The number of rotatable bonds is 1. The highest BCUT2D eigenvalue weighted by Crippen LogP contribution is 2.52. The third-order valence-corrected chi connectivity index (χ3v) is 5.23. The standard InChI is InChI=1S/C19H17BrFNO2/c1-18(2)19(21)11-22-17(12-6-4-3-5-7-12)23-16(19)14-10-13(20)8-9-15(14)24-18/h3-10,16H,11H2,1-2H3/t16-,19+/m1/s1. The van der Waals surface area contributed by atoms with Crippen molar-refractivity contribution in [2.45, 2.75) is 31.2 Å². The quantitative estimate of drug-likeness (QED) is 0.697. The number of benzene rings is 2. The zero-order chi connectivity index (χ0) is 16.9. The Bertz CT molecular complexity index is 821. The normalized spacial score (nSPS) is 27.2. The van der Waals surface area contributed by atoms with Crippen LogP contribution in [-0.4, -0.2) is 23.7 Å². The van der Waals surface area contributed by atoms with Gasteiger partial charge in [-0.05, 0) is 44.2 Å². The SMILES string of the molecule is CC1(C)Oc2ccc(Br)cc2[C@H]2OC(c3ccccc3)=NC[C@]21F. The Hall–Kier alpha value is -1.88. The summed E-state index contributed by atoms with van der Waals surface area (Å²) < 4.78 is 28.8. The molecule has 0 aromatic heterocycles. The van der Waals surface area contributed by atoms with Crippen LogP contribution in [-0.2, 0) is 4.74 Å². The van der Waals surface area contributed by atoms with Crippen molar-refractivity contribution in [1.82, 2.24) is 0 Å². The fourth-order valence-electron chi connectivity index (χ4n) is 3.25. The predicted molar refractivity (Wildman–Crippen MR) is 94.4 cm³/mol. The maximum absolute atomic E-state index is 15.9. The van der Waals surface area contributed by atoms with E-state index in [1.54, 1.807) is 13.8 Å². The zero-order valence-electron chi connectivity index (χ0n) is 13.4. The lowest BCUT2D eigenvalue weighted by molar-refractivity contribution is -0.142. The maximum atomic E-state index is 15.9. The molecule has 2 heterocycles. The van der Waals surface area contributed by atoms with Crippen LogP contribution in [0, 0.1) is 0 Å². The molecule has 5 heteroatoms. The molecule has 0 bridgehead atoms. The second-order valence-electron chi connectivity index (χ2n) is 6.64. The van der Waals surface area contributed by atoms with Crippen LogP contribution in [0.25, 0.3) is 0 Å². The summed E-state index contributed by atoms with van der Waals surface area (Å²) in [6.45, 7) is 3.50. The Balaban J connectivity index is 1.83. The van der Waals surface area contributed by atoms with E-state index in [9.17, 15) is 0 Å². The molecule has 0 saturated carbocycles. The van der Waals surface area contributed by atoms with Crippen LogP contribution in [0.1, 0.15) is 31.1 Å². The van der Waals surface area contributed by atoms with Gasteiger partial charge in [0.05, 0.1) is 6.54 Å². The predicted octanol–water partition coefficient (Wildman–Crippen LogP) is 4.85. The summed E-state index contributed by atoms with van der Waals surface area (Å²) in [6.07, 6.45) is -0.763. The summed E-state index contributed by atoms with van der Waals surface area (Å²) in [5.41, 5.74) is -1.22. The first kappa shape index (κ1) is 15.6. The van der Waals surface area contributed by atoms with Gasteiger partial charge in [0.2, 0.25) is 11.6 Å². The van der Waals surface area contributed by atoms with E-state index in [2.05, 4.69) is 20.9 Å². The first-order valence-electron chi connectivity index (χ1n) is 7.85. The van der Waals surface area contributed by atoms with E-state index in [-0.39, 0.29) is 6.54 Å². The highest BCUT2D eigenvalue weighted by atomic mass is 79.9. The summed E-state index contributed by atoms with van der Waals surface area (Å²) in [5, 5.41) is 0. The van der Waals surface area contributed by atoms with E-state index in [0.717, 1.165) is 10.0 Å². The molecule has 2 aliphatic rings. The molecule has 2 atom stereocenters. The summed E-state index contributed by atoms with van der Waals surface area (Å²) in [7, 11) is 0. The largest absolute Gasteiger partial charge is 0.484 e. The molecule has 0 radical (unpaired) electrons. The van der Waals surface area contributed by atoms with Crippen LogP contribution in [0.3, 0.4) is 0 Å². The summed E-state index contributed by atoms with van der Waals surface area (Å²) >= 11 is 3.45. The van der Waals surface area contributed by atoms with Crippen LogP contribution < -0.4 is 4.74 Å². The van der Waals surface area contributed by atoms with Crippen molar-refractivity contribution in [3.8, 4) is 5.75 Å². The maximum Gasteiger partial charge on any atom is 0.216 e. The van der Waals surface area contributed by atoms with Crippen molar-refractivity contribution in [1.29, 1.82) is 0 Å². The molecule has 4 rings (SSSR count). The number of alkyl halides is 1. The summed E-state index contributed by atoms with van der Waals surface area (Å²) in [6, 6.07) is 15.2. The average molecular weight is 390 g/mol. The number of fused-ring (bicyclic) bond motifs is 3. The lowest BCUT2D eigenvalue weighted by atomic mass is 9.76. The van der Waals surface area contributed by atoms with E-state index in [1.807, 2.05) is 48.5 Å². The Morgan fingerprint density at radius 1 is 1.17 bits per heavy atom. The van der Waals surface area contributed by atoms with Gasteiger partial charge in [0.1, 0.15) is 11.4 Å². The lowest BCUT2D eigenvalue weighted by Gasteiger charge is -2.49. The topological polar surface area (TPSA) is 30.8 Å². The minimum atomic E-state index is -1.74. The van der Waals surface area contributed by atoms with Crippen molar-refractivity contribution in [3.63, 3.8) is 0 Å². The van der Waals surface area contributed by atoms with Gasteiger partial charge in [-0.25, -0.2) is 9.38 Å². The van der Waals surface area contributed by atoms with Crippen molar-refractivity contribution >= 4 is 21.8 Å². The molecule has 0 spiro atoms. The Labute approximate surface area is 148 Å². The highest BCUT2D eigenvalue weighted by molar-refractivity contribution is 9.10. The molecule has 0 unspecified atom stereocenters. The summed E-state index contributed by atoms with van der Waals surface area (Å²) in [5.74, 6) is 1.12. The molecule has 0 N–H and O–H groups in total. The van der Waals surface area contributed by atoms with E-state index in [0.29, 0.717) is 17.2 Å². The molecule has 0 amide bonds. The third kappa shape index (κ3) is 2.25. The van der Waals surface area contributed by atoms with E-state index >= 15 is 4.39 Å².